The lowest BCUT2D eigenvalue weighted by Gasteiger charge is -2.35. The predicted molar refractivity (Wildman–Crippen MR) is 106 cm³/mol. The summed E-state index contributed by atoms with van der Waals surface area (Å²) in [6.45, 7) is 4.94. The Morgan fingerprint density at radius 3 is 2.60 bits per heavy atom. The van der Waals surface area contributed by atoms with E-state index in [4.69, 9.17) is 24.7 Å². The number of allylic oxidation sites excluding steroid dienone is 1. The largest absolute Gasteiger partial charge is 0.460 e. The van der Waals surface area contributed by atoms with Gasteiger partial charge in [0.2, 0.25) is 0 Å². The lowest BCUT2D eigenvalue weighted by atomic mass is 9.67. The van der Waals surface area contributed by atoms with E-state index in [-0.39, 0.29) is 42.5 Å². The molecule has 9 nitrogen and oxygen atoms in total. The first-order valence-electron chi connectivity index (χ1n) is 9.14. The van der Waals surface area contributed by atoms with Crippen LogP contribution in [-0.2, 0) is 38.7 Å². The van der Waals surface area contributed by atoms with Gasteiger partial charge in [-0.05, 0) is 13.0 Å². The molecule has 0 saturated carbocycles. The topological polar surface area (TPSA) is 126 Å². The van der Waals surface area contributed by atoms with Gasteiger partial charge in [-0.25, -0.2) is 14.4 Å². The second-order valence-electron chi connectivity index (χ2n) is 6.55. The van der Waals surface area contributed by atoms with Crippen molar-refractivity contribution in [2.75, 3.05) is 32.2 Å². The maximum atomic E-state index is 13.3. The summed E-state index contributed by atoms with van der Waals surface area (Å²) in [5.41, 5.74) is 4.62. The smallest absolute Gasteiger partial charge is 0.339 e. The van der Waals surface area contributed by atoms with Crippen LogP contribution in [0.3, 0.4) is 0 Å². The van der Waals surface area contributed by atoms with Gasteiger partial charge in [0.05, 0.1) is 6.61 Å². The molecule has 1 aromatic carbocycles. The van der Waals surface area contributed by atoms with Crippen LogP contribution in [0.2, 0.25) is 0 Å². The average molecular weight is 414 g/mol. The Balaban J connectivity index is 2.24. The molecule has 1 aromatic rings. The Morgan fingerprint density at radius 2 is 1.90 bits per heavy atom. The van der Waals surface area contributed by atoms with Crippen molar-refractivity contribution in [1.29, 1.82) is 0 Å². The second kappa shape index (κ2) is 8.42. The van der Waals surface area contributed by atoms with Crippen LogP contribution in [0, 0.1) is 0 Å². The van der Waals surface area contributed by atoms with E-state index in [9.17, 15) is 14.4 Å². The number of hydrogen-bond acceptors (Lipinski definition) is 9. The molecule has 9 heteroatoms. The van der Waals surface area contributed by atoms with E-state index in [1.807, 2.05) is 0 Å². The molecule has 0 fully saturated rings. The standard InChI is InChI=1S/C21H22N2O7/c1-4-9-28-18(24)15-12(2)30-20(26)21(15)13-7-5-6-8-14(13)23-17(22)16(21)19(25)29-11-10-27-3/h4-8,23H,1,9-11,22H2,2-3H3. The summed E-state index contributed by atoms with van der Waals surface area (Å²) in [4.78, 5) is 39.3. The number of nitrogens with two attached hydrogens (primary N) is 1. The van der Waals surface area contributed by atoms with Crippen molar-refractivity contribution >= 4 is 23.6 Å². The van der Waals surface area contributed by atoms with Crippen LogP contribution in [0.4, 0.5) is 5.69 Å². The molecule has 0 radical (unpaired) electrons. The van der Waals surface area contributed by atoms with Crippen LogP contribution < -0.4 is 11.1 Å². The number of nitrogens with one attached hydrogen (secondary N) is 1. The van der Waals surface area contributed by atoms with Crippen molar-refractivity contribution in [3.8, 4) is 0 Å². The number of carbonyl (C=O) groups excluding carboxylic acids is 3. The molecule has 1 unspecified atom stereocenters. The van der Waals surface area contributed by atoms with Crippen LogP contribution in [0.25, 0.3) is 0 Å². The first-order chi connectivity index (χ1) is 14.4. The van der Waals surface area contributed by atoms with Gasteiger partial charge in [0.1, 0.15) is 35.9 Å². The van der Waals surface area contributed by atoms with E-state index < -0.39 is 23.3 Å². The van der Waals surface area contributed by atoms with E-state index >= 15 is 0 Å². The zero-order chi connectivity index (χ0) is 21.9. The van der Waals surface area contributed by atoms with E-state index in [1.165, 1.54) is 20.1 Å². The fraction of sp³-hybridized carbons (Fsp3) is 0.286. The Bertz CT molecular complexity index is 979. The fourth-order valence-corrected chi connectivity index (χ4v) is 3.62. The molecule has 0 amide bonds. The monoisotopic (exact) mass is 414 g/mol. The quantitative estimate of drug-likeness (QED) is 0.293. The van der Waals surface area contributed by atoms with Crippen LogP contribution >= 0.6 is 0 Å². The number of ether oxygens (including phenoxy) is 4. The highest BCUT2D eigenvalue weighted by molar-refractivity contribution is 6.15. The van der Waals surface area contributed by atoms with Gasteiger partial charge in [-0.15, -0.1) is 0 Å². The lowest BCUT2D eigenvalue weighted by molar-refractivity contribution is -0.147. The summed E-state index contributed by atoms with van der Waals surface area (Å²) < 4.78 is 20.7. The molecule has 0 aliphatic carbocycles. The Hall–Kier alpha value is -3.59. The summed E-state index contributed by atoms with van der Waals surface area (Å²) in [5, 5.41) is 2.90. The third-order valence-corrected chi connectivity index (χ3v) is 4.78. The second-order valence-corrected chi connectivity index (χ2v) is 6.55. The molecule has 3 N–H and O–H groups in total. The van der Waals surface area contributed by atoms with E-state index in [0.717, 1.165) is 0 Å². The summed E-state index contributed by atoms with van der Waals surface area (Å²) in [5.74, 6) is -2.67. The van der Waals surface area contributed by atoms with Gasteiger partial charge in [0.15, 0.2) is 5.41 Å². The Labute approximate surface area is 173 Å². The number of hydrogen-bond donors (Lipinski definition) is 2. The van der Waals surface area contributed by atoms with E-state index in [0.29, 0.717) is 11.3 Å². The number of anilines is 1. The van der Waals surface area contributed by atoms with Gasteiger partial charge in [0, 0.05) is 18.4 Å². The minimum Gasteiger partial charge on any atom is -0.460 e. The minimum absolute atomic E-state index is 0.0146. The maximum Gasteiger partial charge on any atom is 0.339 e. The van der Waals surface area contributed by atoms with Gasteiger partial charge in [0.25, 0.3) is 0 Å². The molecule has 0 aromatic heterocycles. The highest BCUT2D eigenvalue weighted by Crippen LogP contribution is 2.52. The molecule has 2 heterocycles. The third-order valence-electron chi connectivity index (χ3n) is 4.78. The van der Waals surface area contributed by atoms with E-state index in [2.05, 4.69) is 11.9 Å². The number of para-hydroxylation sites is 1. The molecule has 3 rings (SSSR count). The van der Waals surface area contributed by atoms with Crippen molar-refractivity contribution in [2.24, 2.45) is 5.73 Å². The normalized spacial score (nSPS) is 19.9. The van der Waals surface area contributed by atoms with Gasteiger partial charge >= 0.3 is 17.9 Å². The number of esters is 3. The average Bonchev–Trinajstić information content (AvgIpc) is 2.96. The van der Waals surface area contributed by atoms with Crippen molar-refractivity contribution in [2.45, 2.75) is 12.3 Å². The lowest BCUT2D eigenvalue weighted by Crippen LogP contribution is -2.48. The van der Waals surface area contributed by atoms with Crippen molar-refractivity contribution in [3.05, 3.63) is 65.2 Å². The Kier molecular flexibility index (Phi) is 5.93. The first-order valence-corrected chi connectivity index (χ1v) is 9.14. The summed E-state index contributed by atoms with van der Waals surface area (Å²) in [7, 11) is 1.45. The number of rotatable bonds is 7. The third kappa shape index (κ3) is 3.22. The molecular weight excluding hydrogens is 392 g/mol. The molecule has 0 saturated heterocycles. The summed E-state index contributed by atoms with van der Waals surface area (Å²) >= 11 is 0. The molecular formula is C21H22N2O7. The van der Waals surface area contributed by atoms with Gasteiger partial charge in [-0.3, -0.25) is 0 Å². The highest BCUT2D eigenvalue weighted by atomic mass is 16.6. The first kappa shape index (κ1) is 21.1. The van der Waals surface area contributed by atoms with Crippen molar-refractivity contribution < 1.29 is 33.3 Å². The number of cyclic esters (lactones) is 1. The molecule has 0 bridgehead atoms. The van der Waals surface area contributed by atoms with Crippen LogP contribution in [0.15, 0.2) is 59.6 Å². The summed E-state index contributed by atoms with van der Waals surface area (Å²) in [6, 6.07) is 6.68. The van der Waals surface area contributed by atoms with Crippen molar-refractivity contribution in [1.82, 2.24) is 0 Å². The SMILES string of the molecule is C=CCOC(=O)C1=C(C)OC(=O)C12C(C(=O)OCCOC)=C(N)Nc1ccccc12. The van der Waals surface area contributed by atoms with E-state index in [1.54, 1.807) is 24.3 Å². The molecule has 2 aliphatic rings. The van der Waals surface area contributed by atoms with Crippen LogP contribution in [0.5, 0.6) is 0 Å². The number of methoxy groups -OCH3 is 1. The predicted octanol–water partition coefficient (Wildman–Crippen LogP) is 1.27. The molecule has 2 aliphatic heterocycles. The Morgan fingerprint density at radius 1 is 1.20 bits per heavy atom. The maximum absolute atomic E-state index is 13.3. The van der Waals surface area contributed by atoms with Crippen LogP contribution in [0.1, 0.15) is 12.5 Å². The molecule has 30 heavy (non-hydrogen) atoms. The van der Waals surface area contributed by atoms with Crippen molar-refractivity contribution in [3.63, 3.8) is 0 Å². The molecule has 158 valence electrons. The van der Waals surface area contributed by atoms with Gasteiger partial charge in [-0.1, -0.05) is 30.9 Å². The highest BCUT2D eigenvalue weighted by Gasteiger charge is 2.62. The number of fused-ring (bicyclic) bond motifs is 2. The van der Waals surface area contributed by atoms with Gasteiger partial charge < -0.3 is 30.0 Å². The van der Waals surface area contributed by atoms with Crippen LogP contribution in [-0.4, -0.2) is 44.8 Å². The number of benzene rings is 1. The number of carbonyl (C=O) groups is 3. The zero-order valence-electron chi connectivity index (χ0n) is 16.7. The fourth-order valence-electron chi connectivity index (χ4n) is 3.62. The molecule has 1 spiro atoms. The minimum atomic E-state index is -1.93. The molecule has 1 atom stereocenters. The van der Waals surface area contributed by atoms with Gasteiger partial charge in [-0.2, -0.15) is 0 Å². The summed E-state index contributed by atoms with van der Waals surface area (Å²) in [6.07, 6.45) is 1.39. The zero-order valence-corrected chi connectivity index (χ0v) is 16.7.